The summed E-state index contributed by atoms with van der Waals surface area (Å²) in [5.74, 6) is 0.265. The first-order chi connectivity index (χ1) is 15.8. The number of benzene rings is 1. The van der Waals surface area contributed by atoms with Gasteiger partial charge < -0.3 is 20.4 Å². The van der Waals surface area contributed by atoms with Crippen LogP contribution in [0.15, 0.2) is 24.3 Å². The van der Waals surface area contributed by atoms with Crippen molar-refractivity contribution in [2.24, 2.45) is 11.8 Å². The van der Waals surface area contributed by atoms with Gasteiger partial charge >= 0.3 is 6.03 Å². The van der Waals surface area contributed by atoms with Crippen molar-refractivity contribution in [2.45, 2.75) is 71.4 Å². The van der Waals surface area contributed by atoms with Crippen LogP contribution in [0.2, 0.25) is 5.02 Å². The van der Waals surface area contributed by atoms with Gasteiger partial charge in [0.25, 0.3) is 0 Å². The van der Waals surface area contributed by atoms with Crippen LogP contribution in [0.3, 0.4) is 0 Å². The molecule has 0 radical (unpaired) electrons. The Labute approximate surface area is 202 Å². The van der Waals surface area contributed by atoms with Crippen LogP contribution >= 0.6 is 11.6 Å². The molecule has 0 spiro atoms. The average Bonchev–Trinajstić information content (AvgIpc) is 2.83. The van der Waals surface area contributed by atoms with E-state index in [2.05, 4.69) is 10.6 Å². The Morgan fingerprint density at radius 3 is 2.36 bits per heavy atom. The molecule has 4 amide bonds. The SMILES string of the molecule is CCC(C)C(NC(=O)Nc1ccc(Cl)cc1)C(=O)N1CCN(C(=O)C2CCCCC2)C(C)C1. The quantitative estimate of drug-likeness (QED) is 0.633. The number of anilines is 1. The lowest BCUT2D eigenvalue weighted by molar-refractivity contribution is -0.147. The highest BCUT2D eigenvalue weighted by Gasteiger charge is 2.37. The van der Waals surface area contributed by atoms with E-state index in [1.165, 1.54) is 6.42 Å². The van der Waals surface area contributed by atoms with E-state index in [0.29, 0.717) is 30.3 Å². The second kappa shape index (κ2) is 11.7. The summed E-state index contributed by atoms with van der Waals surface area (Å²) in [4.78, 5) is 42.8. The minimum absolute atomic E-state index is 0.0225. The smallest absolute Gasteiger partial charge is 0.319 e. The number of carbonyl (C=O) groups excluding carboxylic acids is 3. The van der Waals surface area contributed by atoms with E-state index in [-0.39, 0.29) is 29.7 Å². The van der Waals surface area contributed by atoms with Crippen LogP contribution in [0.1, 0.15) is 59.3 Å². The zero-order valence-electron chi connectivity index (χ0n) is 20.0. The normalized spacial score (nSPS) is 21.3. The fourth-order valence-corrected chi connectivity index (χ4v) is 4.92. The lowest BCUT2D eigenvalue weighted by Gasteiger charge is -2.43. The molecule has 0 bridgehead atoms. The summed E-state index contributed by atoms with van der Waals surface area (Å²) in [5, 5.41) is 6.23. The van der Waals surface area contributed by atoms with E-state index in [1.807, 2.05) is 25.7 Å². The summed E-state index contributed by atoms with van der Waals surface area (Å²) in [7, 11) is 0. The molecule has 182 valence electrons. The molecule has 2 aliphatic rings. The highest BCUT2D eigenvalue weighted by Crippen LogP contribution is 2.27. The van der Waals surface area contributed by atoms with Gasteiger partial charge in [-0.05, 0) is 49.9 Å². The number of piperazine rings is 1. The van der Waals surface area contributed by atoms with Crippen molar-refractivity contribution in [3.05, 3.63) is 29.3 Å². The van der Waals surface area contributed by atoms with E-state index in [9.17, 15) is 14.4 Å². The van der Waals surface area contributed by atoms with Gasteiger partial charge in [0, 0.05) is 42.3 Å². The molecule has 7 nitrogen and oxygen atoms in total. The van der Waals surface area contributed by atoms with Gasteiger partial charge in [-0.2, -0.15) is 0 Å². The van der Waals surface area contributed by atoms with Crippen molar-refractivity contribution in [2.75, 3.05) is 25.0 Å². The predicted molar refractivity (Wildman–Crippen MR) is 131 cm³/mol. The first-order valence-corrected chi connectivity index (χ1v) is 12.6. The summed E-state index contributed by atoms with van der Waals surface area (Å²) < 4.78 is 0. The number of nitrogens with zero attached hydrogens (tertiary/aromatic N) is 2. The summed E-state index contributed by atoms with van der Waals surface area (Å²) in [5.41, 5.74) is 0.607. The molecule has 3 unspecified atom stereocenters. The fraction of sp³-hybridized carbons (Fsp3) is 0.640. The molecule has 1 aromatic rings. The van der Waals surface area contributed by atoms with Crippen molar-refractivity contribution in [3.63, 3.8) is 0 Å². The Kier molecular flexibility index (Phi) is 9.01. The van der Waals surface area contributed by atoms with E-state index in [0.717, 1.165) is 32.1 Å². The third-order valence-corrected chi connectivity index (χ3v) is 7.30. The maximum atomic E-state index is 13.4. The van der Waals surface area contributed by atoms with Gasteiger partial charge in [-0.1, -0.05) is 51.1 Å². The second-order valence-electron chi connectivity index (χ2n) is 9.47. The summed E-state index contributed by atoms with van der Waals surface area (Å²) >= 11 is 5.90. The fourth-order valence-electron chi connectivity index (χ4n) is 4.79. The highest BCUT2D eigenvalue weighted by atomic mass is 35.5. The third kappa shape index (κ3) is 6.62. The lowest BCUT2D eigenvalue weighted by atomic mass is 9.87. The average molecular weight is 477 g/mol. The number of hydrogen-bond donors (Lipinski definition) is 2. The number of halogens is 1. The maximum absolute atomic E-state index is 13.4. The number of rotatable bonds is 6. The molecule has 3 rings (SSSR count). The van der Waals surface area contributed by atoms with Crippen molar-refractivity contribution in [3.8, 4) is 0 Å². The van der Waals surface area contributed by atoms with Crippen LogP contribution in [0.5, 0.6) is 0 Å². The Morgan fingerprint density at radius 2 is 1.76 bits per heavy atom. The Hall–Kier alpha value is -2.28. The third-order valence-electron chi connectivity index (χ3n) is 7.04. The molecule has 1 aliphatic heterocycles. The molecule has 2 fully saturated rings. The maximum Gasteiger partial charge on any atom is 0.319 e. The van der Waals surface area contributed by atoms with Crippen molar-refractivity contribution in [1.29, 1.82) is 0 Å². The van der Waals surface area contributed by atoms with E-state index in [1.54, 1.807) is 29.2 Å². The molecular weight excluding hydrogens is 440 g/mol. The minimum atomic E-state index is -0.630. The monoisotopic (exact) mass is 476 g/mol. The molecule has 33 heavy (non-hydrogen) atoms. The standard InChI is InChI=1S/C25H37ClN4O3/c1-4-17(2)22(28-25(33)27-21-12-10-20(26)11-13-21)24(32)29-14-15-30(18(3)16-29)23(31)19-8-6-5-7-9-19/h10-13,17-19,22H,4-9,14-16H2,1-3H3,(H2,27,28,33). The van der Waals surface area contributed by atoms with E-state index >= 15 is 0 Å². The van der Waals surface area contributed by atoms with Crippen LogP contribution in [-0.4, -0.2) is 59.4 Å². The zero-order valence-corrected chi connectivity index (χ0v) is 20.7. The summed E-state index contributed by atoms with van der Waals surface area (Å²) in [6.45, 7) is 7.52. The van der Waals surface area contributed by atoms with Crippen LogP contribution in [0.25, 0.3) is 0 Å². The van der Waals surface area contributed by atoms with Gasteiger partial charge in [0.2, 0.25) is 11.8 Å². The van der Waals surface area contributed by atoms with Gasteiger partial charge in [-0.3, -0.25) is 9.59 Å². The van der Waals surface area contributed by atoms with Gasteiger partial charge in [-0.15, -0.1) is 0 Å². The molecule has 1 aromatic carbocycles. The van der Waals surface area contributed by atoms with Gasteiger partial charge in [0.1, 0.15) is 6.04 Å². The van der Waals surface area contributed by atoms with Crippen LogP contribution in [0.4, 0.5) is 10.5 Å². The molecule has 1 aliphatic carbocycles. The largest absolute Gasteiger partial charge is 0.337 e. The van der Waals surface area contributed by atoms with Gasteiger partial charge in [-0.25, -0.2) is 4.79 Å². The van der Waals surface area contributed by atoms with Crippen LogP contribution < -0.4 is 10.6 Å². The zero-order chi connectivity index (χ0) is 24.0. The van der Waals surface area contributed by atoms with Crippen LogP contribution in [-0.2, 0) is 9.59 Å². The summed E-state index contributed by atoms with van der Waals surface area (Å²) in [6.07, 6.45) is 6.19. The molecule has 8 heteroatoms. The van der Waals surface area contributed by atoms with Crippen LogP contribution in [0, 0.1) is 11.8 Å². The number of urea groups is 1. The molecule has 0 aromatic heterocycles. The number of hydrogen-bond acceptors (Lipinski definition) is 3. The predicted octanol–water partition coefficient (Wildman–Crippen LogP) is 4.52. The lowest BCUT2D eigenvalue weighted by Crippen LogP contribution is -2.61. The van der Waals surface area contributed by atoms with E-state index < -0.39 is 12.1 Å². The Morgan fingerprint density at radius 1 is 1.09 bits per heavy atom. The summed E-state index contributed by atoms with van der Waals surface area (Å²) in [6, 6.07) is 5.75. The number of amides is 4. The first-order valence-electron chi connectivity index (χ1n) is 12.2. The van der Waals surface area contributed by atoms with Gasteiger partial charge in [0.15, 0.2) is 0 Å². The molecule has 3 atom stereocenters. The first kappa shape index (κ1) is 25.3. The minimum Gasteiger partial charge on any atom is -0.337 e. The highest BCUT2D eigenvalue weighted by molar-refractivity contribution is 6.30. The topological polar surface area (TPSA) is 81.8 Å². The number of carbonyl (C=O) groups is 3. The molecule has 2 N–H and O–H groups in total. The Bertz CT molecular complexity index is 825. The van der Waals surface area contributed by atoms with Gasteiger partial charge in [0.05, 0.1) is 0 Å². The molecule has 1 heterocycles. The van der Waals surface area contributed by atoms with Crippen molar-refractivity contribution in [1.82, 2.24) is 15.1 Å². The molecule has 1 saturated carbocycles. The number of nitrogens with one attached hydrogen (secondary N) is 2. The molecular formula is C25H37ClN4O3. The molecule has 1 saturated heterocycles. The Balaban J connectivity index is 1.60. The second-order valence-corrected chi connectivity index (χ2v) is 9.90. The van der Waals surface area contributed by atoms with Crippen molar-refractivity contribution < 1.29 is 14.4 Å². The van der Waals surface area contributed by atoms with E-state index in [4.69, 9.17) is 11.6 Å². The van der Waals surface area contributed by atoms with Crippen molar-refractivity contribution >= 4 is 35.1 Å².